The van der Waals surface area contributed by atoms with Crippen molar-refractivity contribution in [3.8, 4) is 0 Å². The van der Waals surface area contributed by atoms with Crippen LogP contribution in [0.5, 0.6) is 0 Å². The molecule has 11 heavy (non-hydrogen) atoms. The molecule has 0 saturated heterocycles. The number of nitrogens with zero attached hydrogens (tertiary/aromatic N) is 3. The van der Waals surface area contributed by atoms with Gasteiger partial charge in [0.15, 0.2) is 5.65 Å². The lowest BCUT2D eigenvalue weighted by molar-refractivity contribution is 0.946. The van der Waals surface area contributed by atoms with E-state index in [1.807, 2.05) is 12.3 Å². The second kappa shape index (κ2) is 2.05. The Morgan fingerprint density at radius 3 is 2.91 bits per heavy atom. The van der Waals surface area contributed by atoms with E-state index in [9.17, 15) is 0 Å². The van der Waals surface area contributed by atoms with Gasteiger partial charge in [-0.3, -0.25) is 0 Å². The topological polar surface area (TPSA) is 30.2 Å². The highest BCUT2D eigenvalue weighted by Gasteiger charge is 1.97. The second-order valence-corrected chi connectivity index (χ2v) is 2.70. The number of hydrogen-bond acceptors (Lipinski definition) is 2. The number of aryl methyl sites for hydroxylation is 2. The minimum atomic E-state index is 0.910. The first-order valence-electron chi connectivity index (χ1n) is 3.54. The molecule has 3 heteroatoms. The largest absolute Gasteiger partial charge is 0.221 e. The molecule has 3 nitrogen and oxygen atoms in total. The first-order chi connectivity index (χ1) is 5.27. The summed E-state index contributed by atoms with van der Waals surface area (Å²) in [5.74, 6) is 0. The quantitative estimate of drug-likeness (QED) is 0.563. The van der Waals surface area contributed by atoms with Gasteiger partial charge in [-0.2, -0.15) is 5.10 Å². The summed E-state index contributed by atoms with van der Waals surface area (Å²) < 4.78 is 1.78. The summed E-state index contributed by atoms with van der Waals surface area (Å²) in [4.78, 5) is 4.07. The Kier molecular flexibility index (Phi) is 1.18. The highest BCUT2D eigenvalue weighted by Crippen LogP contribution is 2.07. The average Bonchev–Trinajstić information content (AvgIpc) is 2.36. The van der Waals surface area contributed by atoms with Crippen molar-refractivity contribution < 1.29 is 0 Å². The smallest absolute Gasteiger partial charge is 0.155 e. The molecule has 0 aliphatic carbocycles. The van der Waals surface area contributed by atoms with E-state index in [0.29, 0.717) is 0 Å². The van der Waals surface area contributed by atoms with Crippen LogP contribution in [0, 0.1) is 13.8 Å². The van der Waals surface area contributed by atoms with Crippen LogP contribution in [-0.2, 0) is 0 Å². The van der Waals surface area contributed by atoms with Crippen LogP contribution in [0.4, 0.5) is 0 Å². The Morgan fingerprint density at radius 2 is 2.09 bits per heavy atom. The van der Waals surface area contributed by atoms with Crippen LogP contribution < -0.4 is 0 Å². The number of fused-ring (bicyclic) bond motifs is 1. The summed E-state index contributed by atoms with van der Waals surface area (Å²) >= 11 is 0. The van der Waals surface area contributed by atoms with Crippen LogP contribution in [0.15, 0.2) is 18.6 Å². The maximum atomic E-state index is 4.07. The van der Waals surface area contributed by atoms with Crippen LogP contribution in [0.3, 0.4) is 0 Å². The highest BCUT2D eigenvalue weighted by atomic mass is 15.3. The van der Waals surface area contributed by atoms with Crippen molar-refractivity contribution in [1.82, 2.24) is 14.6 Å². The third kappa shape index (κ3) is 0.888. The average molecular weight is 147 g/mol. The molecule has 0 radical (unpaired) electrons. The fourth-order valence-electron chi connectivity index (χ4n) is 1.05. The normalized spacial score (nSPS) is 10.7. The molecule has 0 amide bonds. The van der Waals surface area contributed by atoms with Gasteiger partial charge in [0.05, 0.1) is 0 Å². The molecule has 0 fully saturated rings. The predicted molar refractivity (Wildman–Crippen MR) is 42.5 cm³/mol. The fourth-order valence-corrected chi connectivity index (χ4v) is 1.05. The zero-order valence-corrected chi connectivity index (χ0v) is 6.57. The Balaban J connectivity index is 2.86. The summed E-state index contributed by atoms with van der Waals surface area (Å²) in [5, 5.41) is 4.03. The minimum absolute atomic E-state index is 0.910. The van der Waals surface area contributed by atoms with E-state index >= 15 is 0 Å². The summed E-state index contributed by atoms with van der Waals surface area (Å²) in [6.07, 6.45) is 3.55. The molecule has 2 heterocycles. The molecular weight excluding hydrogens is 138 g/mol. The summed E-state index contributed by atoms with van der Waals surface area (Å²) in [7, 11) is 0. The Morgan fingerprint density at radius 1 is 1.27 bits per heavy atom. The number of pyridine rings is 1. The van der Waals surface area contributed by atoms with Crippen LogP contribution in [0.25, 0.3) is 5.65 Å². The Bertz CT molecular complexity index is 353. The predicted octanol–water partition coefficient (Wildman–Crippen LogP) is 1.35. The van der Waals surface area contributed by atoms with E-state index in [-0.39, 0.29) is 0 Å². The minimum Gasteiger partial charge on any atom is -0.221 e. The van der Waals surface area contributed by atoms with Crippen LogP contribution in [0.2, 0.25) is 0 Å². The molecule has 2 aromatic rings. The van der Waals surface area contributed by atoms with Gasteiger partial charge < -0.3 is 0 Å². The molecule has 0 bridgehead atoms. The molecule has 2 rings (SSSR count). The monoisotopic (exact) mass is 147 g/mol. The first-order valence-corrected chi connectivity index (χ1v) is 3.54. The van der Waals surface area contributed by atoms with Gasteiger partial charge in [0.25, 0.3) is 0 Å². The lowest BCUT2D eigenvalue weighted by atomic mass is 10.2. The third-order valence-corrected chi connectivity index (χ3v) is 1.88. The summed E-state index contributed by atoms with van der Waals surface area (Å²) in [6.45, 7) is 4.14. The summed E-state index contributed by atoms with van der Waals surface area (Å²) in [6, 6.07) is 2.03. The van der Waals surface area contributed by atoms with Gasteiger partial charge in [-0.25, -0.2) is 9.50 Å². The van der Waals surface area contributed by atoms with Crippen molar-refractivity contribution in [1.29, 1.82) is 0 Å². The van der Waals surface area contributed by atoms with Gasteiger partial charge in [-0.15, -0.1) is 0 Å². The van der Waals surface area contributed by atoms with Crippen molar-refractivity contribution in [2.24, 2.45) is 0 Å². The van der Waals surface area contributed by atoms with Crippen LogP contribution in [-0.4, -0.2) is 14.6 Å². The Labute approximate surface area is 64.7 Å². The van der Waals surface area contributed by atoms with Gasteiger partial charge in [0.2, 0.25) is 0 Å². The van der Waals surface area contributed by atoms with Gasteiger partial charge in [-0.1, -0.05) is 0 Å². The van der Waals surface area contributed by atoms with E-state index in [4.69, 9.17) is 0 Å². The van der Waals surface area contributed by atoms with E-state index in [0.717, 1.165) is 5.65 Å². The molecule has 0 N–H and O–H groups in total. The van der Waals surface area contributed by atoms with E-state index in [1.165, 1.54) is 11.1 Å². The van der Waals surface area contributed by atoms with Crippen LogP contribution >= 0.6 is 0 Å². The molecule has 0 atom stereocenters. The molecular formula is C8H9N3. The van der Waals surface area contributed by atoms with E-state index in [1.54, 1.807) is 10.8 Å². The fraction of sp³-hybridized carbons (Fsp3) is 0.250. The maximum absolute atomic E-state index is 4.07. The molecule has 0 aliphatic rings. The van der Waals surface area contributed by atoms with Gasteiger partial charge in [0, 0.05) is 6.20 Å². The number of aromatic nitrogens is 3. The molecule has 0 saturated carbocycles. The van der Waals surface area contributed by atoms with E-state index in [2.05, 4.69) is 23.9 Å². The molecule has 0 spiro atoms. The third-order valence-electron chi connectivity index (χ3n) is 1.88. The van der Waals surface area contributed by atoms with Crippen molar-refractivity contribution >= 4 is 5.65 Å². The van der Waals surface area contributed by atoms with Crippen molar-refractivity contribution in [2.75, 3.05) is 0 Å². The molecule has 0 unspecified atom stereocenters. The summed E-state index contributed by atoms with van der Waals surface area (Å²) in [5.41, 5.74) is 3.40. The lowest BCUT2D eigenvalue weighted by Gasteiger charge is -1.98. The SMILES string of the molecule is Cc1cc2ncnn2cc1C. The Hall–Kier alpha value is -1.38. The molecule has 2 aromatic heterocycles. The first kappa shape index (κ1) is 6.34. The lowest BCUT2D eigenvalue weighted by Crippen LogP contribution is -1.90. The van der Waals surface area contributed by atoms with Crippen molar-refractivity contribution in [3.63, 3.8) is 0 Å². The number of hydrogen-bond donors (Lipinski definition) is 0. The highest BCUT2D eigenvalue weighted by molar-refractivity contribution is 5.41. The molecule has 56 valence electrons. The second-order valence-electron chi connectivity index (χ2n) is 2.70. The van der Waals surface area contributed by atoms with E-state index < -0.39 is 0 Å². The molecule has 0 aromatic carbocycles. The zero-order valence-electron chi connectivity index (χ0n) is 6.57. The maximum Gasteiger partial charge on any atom is 0.155 e. The molecule has 0 aliphatic heterocycles. The zero-order chi connectivity index (χ0) is 7.84. The van der Waals surface area contributed by atoms with Gasteiger partial charge >= 0.3 is 0 Å². The van der Waals surface area contributed by atoms with Gasteiger partial charge in [-0.05, 0) is 31.0 Å². The number of rotatable bonds is 0. The van der Waals surface area contributed by atoms with Crippen molar-refractivity contribution in [2.45, 2.75) is 13.8 Å². The van der Waals surface area contributed by atoms with Crippen LogP contribution in [0.1, 0.15) is 11.1 Å². The standard InChI is InChI=1S/C8H9N3/c1-6-3-8-9-5-10-11(8)4-7(6)2/h3-5H,1-2H3. The van der Waals surface area contributed by atoms with Crippen molar-refractivity contribution in [3.05, 3.63) is 29.7 Å². The van der Waals surface area contributed by atoms with Gasteiger partial charge in [0.1, 0.15) is 6.33 Å².